The molecule has 0 spiro atoms. The quantitative estimate of drug-likeness (QED) is 0.434. The highest BCUT2D eigenvalue weighted by Gasteiger charge is 2.29. The minimum Gasteiger partial charge on any atom is -0.481 e. The zero-order valence-corrected chi connectivity index (χ0v) is 19.4. The first-order chi connectivity index (χ1) is 15.7. The lowest BCUT2D eigenvalue weighted by Gasteiger charge is -2.31. The molecule has 2 N–H and O–H groups in total. The van der Waals surface area contributed by atoms with Crippen LogP contribution in [0.2, 0.25) is 0 Å². The van der Waals surface area contributed by atoms with Gasteiger partial charge in [0.1, 0.15) is 0 Å². The average molecular weight is 445 g/mol. The molecular formula is C29H32O4. The molecule has 2 rings (SSSR count). The Morgan fingerprint density at radius 2 is 1.15 bits per heavy atom. The van der Waals surface area contributed by atoms with Gasteiger partial charge < -0.3 is 10.2 Å². The number of carboxylic acid groups (broad SMARTS) is 2. The Bertz CT molecular complexity index is 968. The van der Waals surface area contributed by atoms with E-state index in [4.69, 9.17) is 12.8 Å². The van der Waals surface area contributed by atoms with Gasteiger partial charge >= 0.3 is 11.9 Å². The van der Waals surface area contributed by atoms with E-state index in [2.05, 4.69) is 37.8 Å². The summed E-state index contributed by atoms with van der Waals surface area (Å²) in [5.41, 5.74) is 4.08. The van der Waals surface area contributed by atoms with E-state index in [9.17, 15) is 19.8 Å². The highest BCUT2D eigenvalue weighted by Crippen LogP contribution is 2.37. The van der Waals surface area contributed by atoms with Gasteiger partial charge in [-0.05, 0) is 47.9 Å². The van der Waals surface area contributed by atoms with E-state index in [1.165, 1.54) is 0 Å². The number of rotatable bonds is 12. The zero-order valence-electron chi connectivity index (χ0n) is 19.4. The number of aryl methyl sites for hydroxylation is 2. The van der Waals surface area contributed by atoms with E-state index >= 15 is 0 Å². The number of aliphatic carboxylic acids is 2. The standard InChI is InChI=1S/C29H32O4/c1-5-11-23(27(30)31)19-17-21-13-7-9-15-25(21)29(3,4)26-16-10-8-14-22(26)18-20-24(12-6-2)28(32)33/h1-2,7-10,13-16,23-24H,11-12,17-20H2,3-4H3,(H,30,31)(H,32,33). The van der Waals surface area contributed by atoms with Gasteiger partial charge in [-0.1, -0.05) is 62.4 Å². The summed E-state index contributed by atoms with van der Waals surface area (Å²) in [5, 5.41) is 18.9. The summed E-state index contributed by atoms with van der Waals surface area (Å²) in [4.78, 5) is 23.1. The van der Waals surface area contributed by atoms with E-state index in [0.29, 0.717) is 25.7 Å². The van der Waals surface area contributed by atoms with Crippen molar-refractivity contribution in [1.82, 2.24) is 0 Å². The molecule has 2 aromatic rings. The van der Waals surface area contributed by atoms with Crippen LogP contribution in [0, 0.1) is 36.5 Å². The molecule has 4 nitrogen and oxygen atoms in total. The molecule has 2 aromatic carbocycles. The number of carboxylic acids is 2. The van der Waals surface area contributed by atoms with Crippen LogP contribution >= 0.6 is 0 Å². The molecular weight excluding hydrogens is 412 g/mol. The second-order valence-electron chi connectivity index (χ2n) is 8.90. The van der Waals surface area contributed by atoms with Gasteiger partial charge in [0.25, 0.3) is 0 Å². The molecule has 2 unspecified atom stereocenters. The summed E-state index contributed by atoms with van der Waals surface area (Å²) in [6.07, 6.45) is 13.3. The monoisotopic (exact) mass is 444 g/mol. The maximum atomic E-state index is 11.5. The highest BCUT2D eigenvalue weighted by molar-refractivity contribution is 5.70. The first kappa shape index (κ1) is 25.8. The number of benzene rings is 2. The molecule has 0 aliphatic heterocycles. The van der Waals surface area contributed by atoms with Crippen LogP contribution in [0.5, 0.6) is 0 Å². The topological polar surface area (TPSA) is 74.6 Å². The molecule has 0 aliphatic carbocycles. The number of hydrogen-bond acceptors (Lipinski definition) is 2. The van der Waals surface area contributed by atoms with Crippen molar-refractivity contribution in [1.29, 1.82) is 0 Å². The third kappa shape index (κ3) is 6.74. The summed E-state index contributed by atoms with van der Waals surface area (Å²) in [5.74, 6) is 2.07. The maximum absolute atomic E-state index is 11.5. The molecule has 172 valence electrons. The molecule has 2 atom stereocenters. The number of hydrogen-bond donors (Lipinski definition) is 2. The van der Waals surface area contributed by atoms with E-state index in [1.807, 2.05) is 36.4 Å². The molecule has 0 saturated heterocycles. The molecule has 0 aliphatic rings. The van der Waals surface area contributed by atoms with Gasteiger partial charge in [0.05, 0.1) is 11.8 Å². The van der Waals surface area contributed by atoms with Crippen molar-refractivity contribution < 1.29 is 19.8 Å². The predicted octanol–water partition coefficient (Wildman–Crippen LogP) is 5.33. The van der Waals surface area contributed by atoms with Crippen LogP contribution in [0.3, 0.4) is 0 Å². The predicted molar refractivity (Wildman–Crippen MR) is 131 cm³/mol. The Morgan fingerprint density at radius 1 is 0.788 bits per heavy atom. The third-order valence-corrected chi connectivity index (χ3v) is 6.33. The zero-order chi connectivity index (χ0) is 24.4. The van der Waals surface area contributed by atoms with Crippen molar-refractivity contribution in [3.63, 3.8) is 0 Å². The molecule has 0 aromatic heterocycles. The van der Waals surface area contributed by atoms with E-state index in [-0.39, 0.29) is 18.3 Å². The normalized spacial score (nSPS) is 12.8. The first-order valence-electron chi connectivity index (χ1n) is 11.2. The van der Waals surface area contributed by atoms with Crippen LogP contribution in [-0.2, 0) is 27.8 Å². The molecule has 0 bridgehead atoms. The van der Waals surface area contributed by atoms with Crippen molar-refractivity contribution in [2.75, 3.05) is 0 Å². The summed E-state index contributed by atoms with van der Waals surface area (Å²) in [6.45, 7) is 4.30. The van der Waals surface area contributed by atoms with Crippen LogP contribution in [0.1, 0.15) is 61.8 Å². The van der Waals surface area contributed by atoms with Gasteiger partial charge in [-0.2, -0.15) is 0 Å². The fourth-order valence-electron chi connectivity index (χ4n) is 4.41. The molecule has 0 fully saturated rings. The van der Waals surface area contributed by atoms with Crippen LogP contribution in [0.25, 0.3) is 0 Å². The first-order valence-corrected chi connectivity index (χ1v) is 11.2. The fourth-order valence-corrected chi connectivity index (χ4v) is 4.41. The highest BCUT2D eigenvalue weighted by atomic mass is 16.4. The van der Waals surface area contributed by atoms with Crippen molar-refractivity contribution in [2.24, 2.45) is 11.8 Å². The largest absolute Gasteiger partial charge is 0.481 e. The SMILES string of the molecule is C#CCC(CCc1ccccc1C(C)(C)c1ccccc1CCC(CC#C)C(=O)O)C(=O)O. The van der Waals surface area contributed by atoms with Crippen molar-refractivity contribution >= 4 is 11.9 Å². The van der Waals surface area contributed by atoms with Crippen LogP contribution in [-0.4, -0.2) is 22.2 Å². The minimum absolute atomic E-state index is 0.214. The Morgan fingerprint density at radius 3 is 1.48 bits per heavy atom. The molecule has 0 radical (unpaired) electrons. The van der Waals surface area contributed by atoms with Gasteiger partial charge in [-0.25, -0.2) is 0 Å². The average Bonchev–Trinajstić information content (AvgIpc) is 2.79. The summed E-state index contributed by atoms with van der Waals surface area (Å²) < 4.78 is 0. The summed E-state index contributed by atoms with van der Waals surface area (Å²) in [7, 11) is 0. The van der Waals surface area contributed by atoms with Crippen molar-refractivity contribution in [2.45, 2.75) is 57.8 Å². The minimum atomic E-state index is -0.866. The van der Waals surface area contributed by atoms with E-state index in [1.54, 1.807) is 0 Å². The summed E-state index contributed by atoms with van der Waals surface area (Å²) in [6, 6.07) is 16.2. The summed E-state index contributed by atoms with van der Waals surface area (Å²) >= 11 is 0. The lowest BCUT2D eigenvalue weighted by atomic mass is 9.73. The van der Waals surface area contributed by atoms with Gasteiger partial charge in [-0.3, -0.25) is 9.59 Å². The molecule has 4 heteroatoms. The third-order valence-electron chi connectivity index (χ3n) is 6.33. The van der Waals surface area contributed by atoms with E-state index < -0.39 is 23.8 Å². The Labute approximate surface area is 197 Å². The molecule has 0 heterocycles. The molecule has 0 saturated carbocycles. The van der Waals surface area contributed by atoms with Gasteiger partial charge in [0.2, 0.25) is 0 Å². The van der Waals surface area contributed by atoms with Gasteiger partial charge in [0.15, 0.2) is 0 Å². The smallest absolute Gasteiger partial charge is 0.307 e. The van der Waals surface area contributed by atoms with Crippen molar-refractivity contribution in [3.8, 4) is 24.7 Å². The van der Waals surface area contributed by atoms with Crippen LogP contribution in [0.4, 0.5) is 0 Å². The second kappa shape index (κ2) is 11.9. The Balaban J connectivity index is 2.34. The maximum Gasteiger partial charge on any atom is 0.307 e. The van der Waals surface area contributed by atoms with Crippen LogP contribution in [0.15, 0.2) is 48.5 Å². The molecule has 33 heavy (non-hydrogen) atoms. The van der Waals surface area contributed by atoms with Crippen molar-refractivity contribution in [3.05, 3.63) is 70.8 Å². The molecule has 0 amide bonds. The van der Waals surface area contributed by atoms with Gasteiger partial charge in [-0.15, -0.1) is 24.7 Å². The number of carbonyl (C=O) groups is 2. The Hall–Kier alpha value is -3.50. The second-order valence-corrected chi connectivity index (χ2v) is 8.90. The fraction of sp³-hybridized carbons (Fsp3) is 0.379. The lowest BCUT2D eigenvalue weighted by Crippen LogP contribution is -2.24. The Kier molecular flexibility index (Phi) is 9.31. The van der Waals surface area contributed by atoms with Crippen LogP contribution < -0.4 is 0 Å². The van der Waals surface area contributed by atoms with Gasteiger partial charge in [0, 0.05) is 18.3 Å². The lowest BCUT2D eigenvalue weighted by molar-refractivity contribution is -0.142. The number of terminal acetylenes is 2. The van der Waals surface area contributed by atoms with E-state index in [0.717, 1.165) is 22.3 Å².